The minimum atomic E-state index is -4.63. The van der Waals surface area contributed by atoms with E-state index >= 15 is 0 Å². The first-order chi connectivity index (χ1) is 8.44. The quantitative estimate of drug-likeness (QED) is 0.874. The van der Waals surface area contributed by atoms with E-state index in [1.165, 1.54) is 11.3 Å². The topological polar surface area (TPSA) is 57.4 Å². The molecule has 0 radical (unpaired) electrons. The second-order valence-electron chi connectivity index (χ2n) is 3.32. The number of ether oxygens (including phenoxy) is 2. The Bertz CT molecular complexity index is 541. The number of nitrogens with zero attached hydrogens (tertiary/aromatic N) is 1. The van der Waals surface area contributed by atoms with E-state index in [0.29, 0.717) is 16.4 Å². The largest absolute Gasteiger partial charge is 0.522 e. The molecule has 0 aliphatic rings. The molecular formula is C10H9F3N2O2S. The third-order valence-corrected chi connectivity index (χ3v) is 2.86. The molecule has 0 saturated heterocycles. The van der Waals surface area contributed by atoms with Gasteiger partial charge in [0.15, 0.2) is 5.13 Å². The minimum absolute atomic E-state index is 0.190. The number of anilines is 1. The van der Waals surface area contributed by atoms with Crippen LogP contribution in [-0.2, 0) is 4.74 Å². The molecule has 0 atom stereocenters. The lowest BCUT2D eigenvalue weighted by Crippen LogP contribution is -2.18. The second kappa shape index (κ2) is 4.99. The molecule has 0 saturated carbocycles. The summed E-state index contributed by atoms with van der Waals surface area (Å²) in [5.74, 6) is 0.429. The highest BCUT2D eigenvalue weighted by Crippen LogP contribution is 2.27. The number of alkyl halides is 3. The molecule has 0 amide bonds. The van der Waals surface area contributed by atoms with Gasteiger partial charge in [-0.1, -0.05) is 11.3 Å². The van der Waals surface area contributed by atoms with Gasteiger partial charge in [-0.2, -0.15) is 0 Å². The van der Waals surface area contributed by atoms with Crippen molar-refractivity contribution in [2.45, 2.75) is 6.36 Å². The lowest BCUT2D eigenvalue weighted by molar-refractivity contribution is -0.325. The summed E-state index contributed by atoms with van der Waals surface area (Å²) in [7, 11) is 0. The maximum absolute atomic E-state index is 11.7. The maximum Gasteiger partial charge on any atom is 0.522 e. The standard InChI is InChI=1S/C10H9F3N2O2S/c11-10(12,13)17-4-3-16-6-1-2-8-7(5-6)15-9(14)18-8/h1-2,5H,3-4H2,(H2,14,15). The summed E-state index contributed by atoms with van der Waals surface area (Å²) in [5, 5.41) is 0.433. The van der Waals surface area contributed by atoms with Gasteiger partial charge in [0.1, 0.15) is 12.4 Å². The molecule has 8 heteroatoms. The van der Waals surface area contributed by atoms with Gasteiger partial charge in [0, 0.05) is 6.07 Å². The highest BCUT2D eigenvalue weighted by Gasteiger charge is 2.28. The van der Waals surface area contributed by atoms with Crippen LogP contribution >= 0.6 is 11.3 Å². The number of nitrogens with two attached hydrogens (primary N) is 1. The Labute approximate surface area is 104 Å². The molecule has 1 heterocycles. The molecule has 0 bridgehead atoms. The van der Waals surface area contributed by atoms with Crippen LogP contribution in [0.15, 0.2) is 18.2 Å². The normalized spacial score (nSPS) is 11.9. The van der Waals surface area contributed by atoms with Crippen LogP contribution in [0.4, 0.5) is 18.3 Å². The number of fused-ring (bicyclic) bond motifs is 1. The van der Waals surface area contributed by atoms with Gasteiger partial charge in [0.2, 0.25) is 0 Å². The van der Waals surface area contributed by atoms with E-state index in [1.54, 1.807) is 18.2 Å². The van der Waals surface area contributed by atoms with Crippen molar-refractivity contribution in [1.29, 1.82) is 0 Å². The van der Waals surface area contributed by atoms with E-state index in [1.807, 2.05) is 0 Å². The van der Waals surface area contributed by atoms with Crippen molar-refractivity contribution in [1.82, 2.24) is 4.98 Å². The third kappa shape index (κ3) is 3.47. The fraction of sp³-hybridized carbons (Fsp3) is 0.300. The van der Waals surface area contributed by atoms with Crippen molar-refractivity contribution in [3.8, 4) is 5.75 Å². The maximum atomic E-state index is 11.7. The highest BCUT2D eigenvalue weighted by atomic mass is 32.1. The zero-order valence-electron chi connectivity index (χ0n) is 9.03. The minimum Gasteiger partial charge on any atom is -0.491 e. The van der Waals surface area contributed by atoms with Gasteiger partial charge < -0.3 is 10.5 Å². The first-order valence-corrected chi connectivity index (χ1v) is 5.75. The van der Waals surface area contributed by atoms with E-state index < -0.39 is 13.0 Å². The SMILES string of the molecule is Nc1nc2cc(OCCOC(F)(F)F)ccc2s1. The number of aromatic nitrogens is 1. The van der Waals surface area contributed by atoms with Crippen molar-refractivity contribution >= 4 is 26.7 Å². The molecule has 98 valence electrons. The van der Waals surface area contributed by atoms with Gasteiger partial charge in [-0.05, 0) is 12.1 Å². The van der Waals surface area contributed by atoms with Crippen LogP contribution in [0, 0.1) is 0 Å². The Hall–Kier alpha value is -1.54. The molecule has 0 unspecified atom stereocenters. The van der Waals surface area contributed by atoms with Crippen LogP contribution in [0.1, 0.15) is 0 Å². The number of hydrogen-bond donors (Lipinski definition) is 1. The van der Waals surface area contributed by atoms with Crippen molar-refractivity contribution < 1.29 is 22.6 Å². The van der Waals surface area contributed by atoms with Crippen LogP contribution in [0.3, 0.4) is 0 Å². The molecule has 0 spiro atoms. The first kappa shape index (κ1) is 12.9. The molecule has 0 aliphatic carbocycles. The van der Waals surface area contributed by atoms with Crippen LogP contribution in [0.25, 0.3) is 10.2 Å². The molecule has 18 heavy (non-hydrogen) atoms. The van der Waals surface area contributed by atoms with Crippen molar-refractivity contribution in [2.24, 2.45) is 0 Å². The van der Waals surface area contributed by atoms with E-state index in [4.69, 9.17) is 10.5 Å². The fourth-order valence-electron chi connectivity index (χ4n) is 1.33. The Kier molecular flexibility index (Phi) is 3.58. The number of hydrogen-bond acceptors (Lipinski definition) is 5. The molecular weight excluding hydrogens is 269 g/mol. The number of rotatable bonds is 4. The fourth-order valence-corrected chi connectivity index (χ4v) is 2.05. The van der Waals surface area contributed by atoms with Gasteiger partial charge in [0.05, 0.1) is 16.8 Å². The molecule has 0 fully saturated rings. The summed E-state index contributed by atoms with van der Waals surface area (Å²) in [6.45, 7) is -0.745. The average Bonchev–Trinajstić information content (AvgIpc) is 2.62. The zero-order chi connectivity index (χ0) is 13.2. The van der Waals surface area contributed by atoms with Crippen molar-refractivity contribution in [3.63, 3.8) is 0 Å². The predicted octanol–water partition coefficient (Wildman–Crippen LogP) is 2.79. The van der Waals surface area contributed by atoms with Gasteiger partial charge in [-0.25, -0.2) is 4.98 Å². The van der Waals surface area contributed by atoms with Crippen molar-refractivity contribution in [2.75, 3.05) is 18.9 Å². The van der Waals surface area contributed by atoms with Crippen molar-refractivity contribution in [3.05, 3.63) is 18.2 Å². The number of nitrogen functional groups attached to an aromatic ring is 1. The molecule has 1 aromatic carbocycles. The molecule has 1 aromatic heterocycles. The Morgan fingerprint density at radius 3 is 2.78 bits per heavy atom. The molecule has 0 aliphatic heterocycles. The van der Waals surface area contributed by atoms with Crippen LogP contribution in [0.2, 0.25) is 0 Å². The van der Waals surface area contributed by atoms with E-state index in [0.717, 1.165) is 4.70 Å². The van der Waals surface area contributed by atoms with E-state index in [2.05, 4.69) is 9.72 Å². The lowest BCUT2D eigenvalue weighted by atomic mass is 10.3. The summed E-state index contributed by atoms with van der Waals surface area (Å²) in [6, 6.07) is 5.02. The van der Waals surface area contributed by atoms with Crippen LogP contribution in [0.5, 0.6) is 5.75 Å². The zero-order valence-corrected chi connectivity index (χ0v) is 9.85. The summed E-state index contributed by atoms with van der Waals surface area (Å²) in [6.07, 6.45) is -4.63. The number of benzene rings is 1. The number of thiazole rings is 1. The van der Waals surface area contributed by atoms with E-state index in [9.17, 15) is 13.2 Å². The Morgan fingerprint density at radius 2 is 2.06 bits per heavy atom. The average molecular weight is 278 g/mol. The Morgan fingerprint density at radius 1 is 1.28 bits per heavy atom. The third-order valence-electron chi connectivity index (χ3n) is 1.99. The molecule has 2 aromatic rings. The van der Waals surface area contributed by atoms with E-state index in [-0.39, 0.29) is 6.61 Å². The van der Waals surface area contributed by atoms with Gasteiger partial charge in [-0.15, -0.1) is 13.2 Å². The predicted molar refractivity (Wildman–Crippen MR) is 61.5 cm³/mol. The molecule has 2 rings (SSSR count). The summed E-state index contributed by atoms with van der Waals surface area (Å²) < 4.78 is 44.7. The van der Waals surface area contributed by atoms with Gasteiger partial charge >= 0.3 is 6.36 Å². The highest BCUT2D eigenvalue weighted by molar-refractivity contribution is 7.22. The lowest BCUT2D eigenvalue weighted by Gasteiger charge is -2.08. The molecule has 4 nitrogen and oxygen atoms in total. The smallest absolute Gasteiger partial charge is 0.491 e. The second-order valence-corrected chi connectivity index (χ2v) is 4.39. The van der Waals surface area contributed by atoms with Crippen LogP contribution < -0.4 is 10.5 Å². The first-order valence-electron chi connectivity index (χ1n) is 4.93. The molecule has 2 N–H and O–H groups in total. The summed E-state index contributed by atoms with van der Waals surface area (Å²) in [5.41, 5.74) is 6.19. The number of halogens is 3. The monoisotopic (exact) mass is 278 g/mol. The summed E-state index contributed by atoms with van der Waals surface area (Å²) >= 11 is 1.33. The summed E-state index contributed by atoms with van der Waals surface area (Å²) in [4.78, 5) is 4.05. The van der Waals surface area contributed by atoms with Crippen LogP contribution in [-0.4, -0.2) is 24.6 Å². The Balaban J connectivity index is 1.91. The van der Waals surface area contributed by atoms with Gasteiger partial charge in [-0.3, -0.25) is 4.74 Å². The van der Waals surface area contributed by atoms with Gasteiger partial charge in [0.25, 0.3) is 0 Å².